The van der Waals surface area contributed by atoms with Crippen molar-refractivity contribution in [1.82, 2.24) is 0 Å². The lowest BCUT2D eigenvalue weighted by atomic mass is 9.53. The molecule has 4 rings (SSSR count). The van der Waals surface area contributed by atoms with Gasteiger partial charge >= 0.3 is 0 Å². The van der Waals surface area contributed by atoms with Crippen molar-refractivity contribution in [2.45, 2.75) is 71.1 Å². The Morgan fingerprint density at radius 3 is 2.62 bits per heavy atom. The molecule has 2 unspecified atom stereocenters. The second kappa shape index (κ2) is 5.51. The van der Waals surface area contributed by atoms with Crippen LogP contribution in [0.2, 0.25) is 0 Å². The summed E-state index contributed by atoms with van der Waals surface area (Å²) in [6.07, 6.45) is 6.23. The first-order valence-electron chi connectivity index (χ1n) is 9.67. The number of aromatic hydroxyl groups is 2. The minimum atomic E-state index is -0.394. The third-order valence-electron chi connectivity index (χ3n) is 7.25. The van der Waals surface area contributed by atoms with Gasteiger partial charge in [0.25, 0.3) is 0 Å². The molecule has 1 aromatic carbocycles. The Labute approximate surface area is 154 Å². The fourth-order valence-corrected chi connectivity index (χ4v) is 5.97. The lowest BCUT2D eigenvalue weighted by Gasteiger charge is -2.50. The number of hydrogen-bond acceptors (Lipinski definition) is 4. The predicted octanol–water partition coefficient (Wildman–Crippen LogP) is 5.64. The zero-order valence-corrected chi connectivity index (χ0v) is 16.1. The highest BCUT2D eigenvalue weighted by atomic mass is 16.3. The molecule has 1 saturated carbocycles. The van der Waals surface area contributed by atoms with Crippen molar-refractivity contribution in [1.29, 1.82) is 0 Å². The molecule has 2 N–H and O–H groups in total. The van der Waals surface area contributed by atoms with E-state index in [4.69, 9.17) is 4.42 Å². The van der Waals surface area contributed by atoms with Gasteiger partial charge in [-0.1, -0.05) is 34.1 Å². The van der Waals surface area contributed by atoms with Crippen LogP contribution in [0.5, 0.6) is 11.5 Å². The van der Waals surface area contributed by atoms with Crippen LogP contribution in [0.1, 0.15) is 87.4 Å². The molecule has 2 aliphatic carbocycles. The topological polar surface area (TPSA) is 70.7 Å². The van der Waals surface area contributed by atoms with Crippen LogP contribution in [0.15, 0.2) is 10.5 Å². The minimum absolute atomic E-state index is 0.0514. The number of carbonyl (C=O) groups excluding carboxylic acids is 1. The van der Waals surface area contributed by atoms with E-state index in [1.807, 2.05) is 0 Å². The van der Waals surface area contributed by atoms with Gasteiger partial charge in [0, 0.05) is 16.9 Å². The number of carbonyl (C=O) groups is 1. The van der Waals surface area contributed by atoms with Crippen LogP contribution in [0.4, 0.5) is 0 Å². The van der Waals surface area contributed by atoms with Crippen molar-refractivity contribution in [3.8, 4) is 11.5 Å². The number of rotatable bonds is 1. The summed E-state index contributed by atoms with van der Waals surface area (Å²) in [5, 5.41) is 21.1. The molecular formula is C22H28O4. The van der Waals surface area contributed by atoms with Gasteiger partial charge in [-0.25, -0.2) is 0 Å². The predicted molar refractivity (Wildman–Crippen MR) is 101 cm³/mol. The normalized spacial score (nSPS) is 30.5. The second-order valence-electron chi connectivity index (χ2n) is 9.28. The zero-order valence-electron chi connectivity index (χ0n) is 16.1. The number of furan rings is 1. The summed E-state index contributed by atoms with van der Waals surface area (Å²) in [6, 6.07) is 1.59. The molecule has 0 amide bonds. The molecule has 1 aromatic heterocycles. The molecule has 0 spiro atoms. The molecule has 3 atom stereocenters. The molecule has 0 aliphatic heterocycles. The highest BCUT2D eigenvalue weighted by Crippen LogP contribution is 2.60. The summed E-state index contributed by atoms with van der Waals surface area (Å²) in [5.74, 6) is 1.05. The maximum absolute atomic E-state index is 11.6. The van der Waals surface area contributed by atoms with Gasteiger partial charge in [0.2, 0.25) is 0 Å². The van der Waals surface area contributed by atoms with E-state index in [-0.39, 0.29) is 28.1 Å². The van der Waals surface area contributed by atoms with Gasteiger partial charge in [-0.05, 0) is 48.5 Å². The van der Waals surface area contributed by atoms with Crippen LogP contribution in [0.3, 0.4) is 0 Å². The average molecular weight is 356 g/mol. The quantitative estimate of drug-likeness (QED) is 0.512. The first-order chi connectivity index (χ1) is 12.2. The molecule has 4 heteroatoms. The maximum Gasteiger partial charge on any atom is 0.172 e. The lowest BCUT2D eigenvalue weighted by molar-refractivity contribution is 0.0504. The summed E-state index contributed by atoms with van der Waals surface area (Å²) in [5.41, 5.74) is 1.79. The molecule has 26 heavy (non-hydrogen) atoms. The van der Waals surface area contributed by atoms with E-state index >= 15 is 0 Å². The van der Waals surface area contributed by atoms with Crippen molar-refractivity contribution >= 4 is 17.3 Å². The van der Waals surface area contributed by atoms with Gasteiger partial charge < -0.3 is 14.6 Å². The minimum Gasteiger partial charge on any atom is -0.504 e. The van der Waals surface area contributed by atoms with E-state index in [2.05, 4.69) is 27.7 Å². The van der Waals surface area contributed by atoms with Crippen LogP contribution < -0.4 is 0 Å². The Kier molecular flexibility index (Phi) is 3.70. The van der Waals surface area contributed by atoms with E-state index in [1.54, 1.807) is 6.07 Å². The van der Waals surface area contributed by atoms with Crippen LogP contribution in [-0.4, -0.2) is 16.5 Å². The molecule has 140 valence electrons. The van der Waals surface area contributed by atoms with Crippen LogP contribution in [-0.2, 0) is 5.41 Å². The van der Waals surface area contributed by atoms with Gasteiger partial charge in [-0.2, -0.15) is 0 Å². The summed E-state index contributed by atoms with van der Waals surface area (Å²) in [7, 11) is 0. The molecule has 0 saturated heterocycles. The van der Waals surface area contributed by atoms with Crippen LogP contribution in [0.25, 0.3) is 11.0 Å². The van der Waals surface area contributed by atoms with Gasteiger partial charge in [-0.3, -0.25) is 4.79 Å². The number of fused-ring (bicyclic) bond motifs is 5. The molecule has 2 aliphatic rings. The van der Waals surface area contributed by atoms with Crippen molar-refractivity contribution in [2.75, 3.05) is 0 Å². The number of aldehydes is 1. The second-order valence-corrected chi connectivity index (χ2v) is 9.28. The number of phenolic OH excluding ortho intramolecular Hbond substituents is 2. The third-order valence-corrected chi connectivity index (χ3v) is 7.25. The maximum atomic E-state index is 11.6. The summed E-state index contributed by atoms with van der Waals surface area (Å²) < 4.78 is 6.22. The van der Waals surface area contributed by atoms with Gasteiger partial charge in [0.15, 0.2) is 17.8 Å². The third kappa shape index (κ3) is 2.17. The largest absolute Gasteiger partial charge is 0.504 e. The van der Waals surface area contributed by atoms with Crippen LogP contribution in [0, 0.1) is 11.3 Å². The van der Waals surface area contributed by atoms with E-state index in [9.17, 15) is 15.0 Å². The van der Waals surface area contributed by atoms with Crippen molar-refractivity contribution in [3.05, 3.63) is 23.0 Å². The molecule has 1 fully saturated rings. The lowest BCUT2D eigenvalue weighted by Crippen LogP contribution is -2.44. The Morgan fingerprint density at radius 2 is 1.92 bits per heavy atom. The summed E-state index contributed by atoms with van der Waals surface area (Å²) in [4.78, 5) is 11.6. The smallest absolute Gasteiger partial charge is 0.172 e. The molecule has 2 aromatic rings. The fourth-order valence-electron chi connectivity index (χ4n) is 5.97. The van der Waals surface area contributed by atoms with Crippen molar-refractivity contribution in [3.63, 3.8) is 0 Å². The Balaban J connectivity index is 2.09. The average Bonchev–Trinajstić information content (AvgIpc) is 2.89. The van der Waals surface area contributed by atoms with E-state index in [0.29, 0.717) is 17.8 Å². The Bertz CT molecular complexity index is 891. The standard InChI is InChI=1S/C22H28O4/c1-12-6-7-16-21(2,3)8-5-9-22(16,4)17-13-10-15(24)18(25)14(11-23)20(13)26-19(12)17/h10-12,16,24-25H,5-9H2,1-4H3/t12-,16?,22?/m1/s1. The monoisotopic (exact) mass is 356 g/mol. The summed E-state index contributed by atoms with van der Waals surface area (Å²) >= 11 is 0. The van der Waals surface area contributed by atoms with E-state index in [0.717, 1.165) is 42.4 Å². The molecule has 0 bridgehead atoms. The molecule has 0 radical (unpaired) electrons. The molecule has 1 heterocycles. The van der Waals surface area contributed by atoms with Gasteiger partial charge in [-0.15, -0.1) is 0 Å². The van der Waals surface area contributed by atoms with Gasteiger partial charge in [0.1, 0.15) is 16.9 Å². The van der Waals surface area contributed by atoms with Crippen molar-refractivity contribution in [2.24, 2.45) is 11.3 Å². The highest BCUT2D eigenvalue weighted by molar-refractivity contribution is 6.01. The first-order valence-corrected chi connectivity index (χ1v) is 9.67. The van der Waals surface area contributed by atoms with Crippen LogP contribution >= 0.6 is 0 Å². The van der Waals surface area contributed by atoms with E-state index < -0.39 is 5.75 Å². The number of hydrogen-bond donors (Lipinski definition) is 2. The molecular weight excluding hydrogens is 328 g/mol. The Hall–Kier alpha value is -1.97. The van der Waals surface area contributed by atoms with Gasteiger partial charge in [0.05, 0.1) is 0 Å². The number of benzene rings is 1. The van der Waals surface area contributed by atoms with E-state index in [1.165, 1.54) is 6.42 Å². The number of phenols is 2. The zero-order chi connectivity index (χ0) is 18.9. The molecule has 4 nitrogen and oxygen atoms in total. The highest BCUT2D eigenvalue weighted by Gasteiger charge is 2.51. The summed E-state index contributed by atoms with van der Waals surface area (Å²) in [6.45, 7) is 9.24. The SMILES string of the molecule is C[C@@H]1CCC2C(C)(C)CCCC2(C)c2c1oc1c(C=O)c(O)c(O)cc21. The Morgan fingerprint density at radius 1 is 1.19 bits per heavy atom. The van der Waals surface area contributed by atoms with Crippen molar-refractivity contribution < 1.29 is 19.4 Å². The first kappa shape index (κ1) is 17.4. The fraction of sp³-hybridized carbons (Fsp3) is 0.591.